The standard InChI is InChI=1S/C17H25NO2/c1-13(19)18(2)11-5-8-14-6-4-7-15-9-10-16(20-3)12-17(14)15/h9-10,12,14H,4-8,11H2,1-3H3. The lowest BCUT2D eigenvalue weighted by atomic mass is 9.80. The molecule has 0 fully saturated rings. The summed E-state index contributed by atoms with van der Waals surface area (Å²) in [4.78, 5) is 13.0. The van der Waals surface area contributed by atoms with E-state index in [9.17, 15) is 4.79 Å². The van der Waals surface area contributed by atoms with E-state index in [0.29, 0.717) is 5.92 Å². The first kappa shape index (κ1) is 14.9. The van der Waals surface area contributed by atoms with Gasteiger partial charge in [-0.25, -0.2) is 0 Å². The highest BCUT2D eigenvalue weighted by Gasteiger charge is 2.20. The summed E-state index contributed by atoms with van der Waals surface area (Å²) in [5.74, 6) is 1.72. The summed E-state index contributed by atoms with van der Waals surface area (Å²) in [6.45, 7) is 2.48. The van der Waals surface area contributed by atoms with E-state index in [-0.39, 0.29) is 5.91 Å². The van der Waals surface area contributed by atoms with Crippen molar-refractivity contribution in [2.24, 2.45) is 0 Å². The van der Waals surface area contributed by atoms with Gasteiger partial charge in [0.15, 0.2) is 0 Å². The predicted octanol–water partition coefficient (Wildman–Crippen LogP) is 3.37. The average molecular weight is 275 g/mol. The van der Waals surface area contributed by atoms with Crippen LogP contribution in [0.4, 0.5) is 0 Å². The maximum atomic E-state index is 11.2. The summed E-state index contributed by atoms with van der Waals surface area (Å²) >= 11 is 0. The van der Waals surface area contributed by atoms with Crippen LogP contribution in [0.15, 0.2) is 18.2 Å². The van der Waals surface area contributed by atoms with Gasteiger partial charge < -0.3 is 9.64 Å². The molecule has 0 aliphatic heterocycles. The second-order valence-electron chi connectivity index (χ2n) is 5.74. The molecule has 0 aromatic heterocycles. The fourth-order valence-electron chi connectivity index (χ4n) is 3.03. The van der Waals surface area contributed by atoms with Crippen LogP contribution in [0.3, 0.4) is 0 Å². The molecule has 3 nitrogen and oxygen atoms in total. The number of nitrogens with zero attached hydrogens (tertiary/aromatic N) is 1. The average Bonchev–Trinajstić information content (AvgIpc) is 2.46. The zero-order valence-corrected chi connectivity index (χ0v) is 12.8. The van der Waals surface area contributed by atoms with Crippen LogP contribution in [-0.2, 0) is 11.2 Å². The van der Waals surface area contributed by atoms with Crippen LogP contribution in [0.2, 0.25) is 0 Å². The van der Waals surface area contributed by atoms with Gasteiger partial charge >= 0.3 is 0 Å². The normalized spacial score (nSPS) is 17.4. The first-order valence-corrected chi connectivity index (χ1v) is 7.50. The van der Waals surface area contributed by atoms with Gasteiger partial charge in [-0.1, -0.05) is 6.07 Å². The van der Waals surface area contributed by atoms with E-state index in [4.69, 9.17) is 4.74 Å². The highest BCUT2D eigenvalue weighted by molar-refractivity contribution is 5.72. The van der Waals surface area contributed by atoms with E-state index in [1.54, 1.807) is 18.9 Å². The van der Waals surface area contributed by atoms with Crippen LogP contribution in [-0.4, -0.2) is 31.5 Å². The third-order valence-corrected chi connectivity index (χ3v) is 4.38. The molecule has 1 aromatic carbocycles. The maximum absolute atomic E-state index is 11.2. The van der Waals surface area contributed by atoms with E-state index in [0.717, 1.165) is 25.1 Å². The molecule has 1 aliphatic rings. The second-order valence-corrected chi connectivity index (χ2v) is 5.74. The Hall–Kier alpha value is -1.51. The molecule has 1 amide bonds. The third-order valence-electron chi connectivity index (χ3n) is 4.38. The molecule has 0 bridgehead atoms. The second kappa shape index (κ2) is 6.78. The Morgan fingerprint density at radius 3 is 2.95 bits per heavy atom. The van der Waals surface area contributed by atoms with Crippen LogP contribution in [0.5, 0.6) is 5.75 Å². The molecule has 110 valence electrons. The molecular weight excluding hydrogens is 250 g/mol. The van der Waals surface area contributed by atoms with E-state index < -0.39 is 0 Å². The van der Waals surface area contributed by atoms with E-state index >= 15 is 0 Å². The summed E-state index contributed by atoms with van der Waals surface area (Å²) in [7, 11) is 3.60. The minimum Gasteiger partial charge on any atom is -0.497 e. The van der Waals surface area contributed by atoms with Crippen molar-refractivity contribution in [3.63, 3.8) is 0 Å². The number of methoxy groups -OCH3 is 1. The minimum absolute atomic E-state index is 0.149. The van der Waals surface area contributed by atoms with Crippen LogP contribution in [0, 0.1) is 0 Å². The van der Waals surface area contributed by atoms with Gasteiger partial charge in [-0.3, -0.25) is 4.79 Å². The highest BCUT2D eigenvalue weighted by Crippen LogP contribution is 2.36. The first-order chi connectivity index (χ1) is 9.61. The minimum atomic E-state index is 0.149. The Bertz CT molecular complexity index is 470. The number of carbonyl (C=O) groups is 1. The molecule has 0 radical (unpaired) electrons. The number of hydrogen-bond donors (Lipinski definition) is 0. The Morgan fingerprint density at radius 2 is 2.25 bits per heavy atom. The number of benzene rings is 1. The number of amides is 1. The Morgan fingerprint density at radius 1 is 1.45 bits per heavy atom. The molecule has 0 saturated heterocycles. The lowest BCUT2D eigenvalue weighted by Gasteiger charge is -2.26. The van der Waals surface area contributed by atoms with Crippen molar-refractivity contribution in [1.82, 2.24) is 4.90 Å². The van der Waals surface area contributed by atoms with Gasteiger partial charge in [-0.2, -0.15) is 0 Å². The fraction of sp³-hybridized carbons (Fsp3) is 0.588. The molecule has 1 aromatic rings. The van der Waals surface area contributed by atoms with E-state index in [1.165, 1.54) is 30.4 Å². The number of hydrogen-bond acceptors (Lipinski definition) is 2. The smallest absolute Gasteiger partial charge is 0.219 e. The van der Waals surface area contributed by atoms with Crippen molar-refractivity contribution in [3.8, 4) is 5.75 Å². The number of rotatable bonds is 5. The summed E-state index contributed by atoms with van der Waals surface area (Å²) in [5, 5.41) is 0. The topological polar surface area (TPSA) is 29.5 Å². The summed E-state index contributed by atoms with van der Waals surface area (Å²) in [6.07, 6.45) is 5.93. The fourth-order valence-corrected chi connectivity index (χ4v) is 3.03. The van der Waals surface area contributed by atoms with Crippen LogP contribution in [0.1, 0.15) is 49.7 Å². The van der Waals surface area contributed by atoms with Crippen molar-refractivity contribution in [3.05, 3.63) is 29.3 Å². The lowest BCUT2D eigenvalue weighted by molar-refractivity contribution is -0.127. The van der Waals surface area contributed by atoms with Crippen molar-refractivity contribution in [1.29, 1.82) is 0 Å². The summed E-state index contributed by atoms with van der Waals surface area (Å²) in [5.41, 5.74) is 2.93. The quantitative estimate of drug-likeness (QED) is 0.824. The van der Waals surface area contributed by atoms with Gasteiger partial charge in [-0.05, 0) is 61.3 Å². The molecule has 0 N–H and O–H groups in total. The molecule has 0 heterocycles. The van der Waals surface area contributed by atoms with Gasteiger partial charge in [0.25, 0.3) is 0 Å². The Labute approximate surface area is 121 Å². The monoisotopic (exact) mass is 275 g/mol. The maximum Gasteiger partial charge on any atom is 0.219 e. The zero-order chi connectivity index (χ0) is 14.5. The van der Waals surface area contributed by atoms with Gasteiger partial charge in [-0.15, -0.1) is 0 Å². The highest BCUT2D eigenvalue weighted by atomic mass is 16.5. The summed E-state index contributed by atoms with van der Waals surface area (Å²) in [6, 6.07) is 6.47. The van der Waals surface area contributed by atoms with Gasteiger partial charge in [0, 0.05) is 20.5 Å². The predicted molar refractivity (Wildman–Crippen MR) is 81.2 cm³/mol. The summed E-state index contributed by atoms with van der Waals surface area (Å²) < 4.78 is 5.35. The van der Waals surface area contributed by atoms with Crippen LogP contribution in [0.25, 0.3) is 0 Å². The Balaban J connectivity index is 1.99. The van der Waals surface area contributed by atoms with E-state index in [2.05, 4.69) is 18.2 Å². The van der Waals surface area contributed by atoms with E-state index in [1.807, 2.05) is 7.05 Å². The van der Waals surface area contributed by atoms with Crippen molar-refractivity contribution >= 4 is 5.91 Å². The molecule has 2 rings (SSSR count). The zero-order valence-electron chi connectivity index (χ0n) is 12.8. The van der Waals surface area contributed by atoms with Crippen molar-refractivity contribution in [2.75, 3.05) is 20.7 Å². The van der Waals surface area contributed by atoms with Gasteiger partial charge in [0.05, 0.1) is 7.11 Å². The van der Waals surface area contributed by atoms with Crippen molar-refractivity contribution < 1.29 is 9.53 Å². The lowest BCUT2D eigenvalue weighted by Crippen LogP contribution is -2.25. The molecule has 1 atom stereocenters. The molecular formula is C17H25NO2. The molecule has 3 heteroatoms. The van der Waals surface area contributed by atoms with Gasteiger partial charge in [0.1, 0.15) is 5.75 Å². The third kappa shape index (κ3) is 3.53. The number of aryl methyl sites for hydroxylation is 1. The molecule has 0 spiro atoms. The SMILES string of the molecule is COc1ccc2c(c1)C(CCCN(C)C(C)=O)CCC2. The number of ether oxygens (including phenoxy) is 1. The number of carbonyl (C=O) groups excluding carboxylic acids is 1. The largest absolute Gasteiger partial charge is 0.497 e. The molecule has 1 unspecified atom stereocenters. The van der Waals surface area contributed by atoms with Crippen molar-refractivity contribution in [2.45, 2.75) is 44.9 Å². The Kier molecular flexibility index (Phi) is 5.05. The molecule has 1 aliphatic carbocycles. The van der Waals surface area contributed by atoms with Gasteiger partial charge in [0.2, 0.25) is 5.91 Å². The first-order valence-electron chi connectivity index (χ1n) is 7.50. The molecule has 20 heavy (non-hydrogen) atoms. The number of fused-ring (bicyclic) bond motifs is 1. The van der Waals surface area contributed by atoms with Crippen LogP contribution < -0.4 is 4.74 Å². The molecule has 0 saturated carbocycles. The van der Waals surface area contributed by atoms with Crippen LogP contribution >= 0.6 is 0 Å².